The summed E-state index contributed by atoms with van der Waals surface area (Å²) in [4.78, 5) is 1.73. The van der Waals surface area contributed by atoms with Crippen molar-refractivity contribution in [3.8, 4) is 10.4 Å². The first kappa shape index (κ1) is 13.2. The van der Waals surface area contributed by atoms with Gasteiger partial charge in [-0.2, -0.15) is 0 Å². The van der Waals surface area contributed by atoms with Crippen LogP contribution in [0, 0.1) is 11.6 Å². The van der Waals surface area contributed by atoms with Crippen LogP contribution in [0.3, 0.4) is 0 Å². The molecule has 2 rings (SSSR count). The number of nitrogens with two attached hydrogens (primary N) is 1. The van der Waals surface area contributed by atoms with Crippen molar-refractivity contribution in [3.63, 3.8) is 0 Å². The number of hydrogen-bond acceptors (Lipinski definition) is 2. The molecule has 0 spiro atoms. The van der Waals surface area contributed by atoms with Crippen molar-refractivity contribution in [2.24, 2.45) is 5.73 Å². The van der Waals surface area contributed by atoms with E-state index in [2.05, 4.69) is 6.92 Å². The van der Waals surface area contributed by atoms with E-state index in [4.69, 9.17) is 5.73 Å². The molecule has 1 nitrogen and oxygen atoms in total. The smallest absolute Gasteiger partial charge is 0.132 e. The van der Waals surface area contributed by atoms with Crippen LogP contribution in [-0.4, -0.2) is 0 Å². The summed E-state index contributed by atoms with van der Waals surface area (Å²) in [7, 11) is 0. The predicted octanol–water partition coefficient (Wildman–Crippen LogP) is 4.49. The maximum absolute atomic E-state index is 13.6. The Hall–Kier alpha value is -1.26. The van der Waals surface area contributed by atoms with Crippen molar-refractivity contribution in [1.29, 1.82) is 0 Å². The Balaban J connectivity index is 2.32. The van der Waals surface area contributed by atoms with Gasteiger partial charge in [0, 0.05) is 21.4 Å². The number of rotatable bonds is 4. The van der Waals surface area contributed by atoms with Crippen LogP contribution >= 0.6 is 11.3 Å². The van der Waals surface area contributed by atoms with Gasteiger partial charge in [0.25, 0.3) is 0 Å². The van der Waals surface area contributed by atoms with Crippen molar-refractivity contribution in [2.45, 2.75) is 25.8 Å². The first-order chi connectivity index (χ1) is 8.61. The highest BCUT2D eigenvalue weighted by Gasteiger charge is 2.12. The first-order valence-corrected chi connectivity index (χ1v) is 6.74. The zero-order valence-electron chi connectivity index (χ0n) is 10.1. The van der Waals surface area contributed by atoms with Gasteiger partial charge in [-0.15, -0.1) is 11.3 Å². The van der Waals surface area contributed by atoms with E-state index in [9.17, 15) is 8.78 Å². The van der Waals surface area contributed by atoms with E-state index in [1.54, 1.807) is 6.07 Å². The van der Waals surface area contributed by atoms with Gasteiger partial charge in [-0.25, -0.2) is 8.78 Å². The quantitative estimate of drug-likeness (QED) is 0.867. The standard InChI is InChI=1S/C14H15F2NS/c1-2-3-12(17)14-7-6-13(18-14)10-8-9(15)4-5-11(10)16/h4-8,12H,2-3,17H2,1H3. The SMILES string of the molecule is CCCC(N)c1ccc(-c2cc(F)ccc2F)s1. The van der Waals surface area contributed by atoms with Gasteiger partial charge in [0.05, 0.1) is 0 Å². The zero-order valence-corrected chi connectivity index (χ0v) is 10.9. The maximum Gasteiger partial charge on any atom is 0.132 e. The maximum atomic E-state index is 13.6. The molecule has 2 aromatic rings. The van der Waals surface area contributed by atoms with Gasteiger partial charge in [-0.05, 0) is 36.8 Å². The summed E-state index contributed by atoms with van der Waals surface area (Å²) in [5, 5.41) is 0. The average Bonchev–Trinajstić information content (AvgIpc) is 2.82. The van der Waals surface area contributed by atoms with Crippen LogP contribution in [0.15, 0.2) is 30.3 Å². The molecule has 18 heavy (non-hydrogen) atoms. The average molecular weight is 267 g/mol. The van der Waals surface area contributed by atoms with Crippen LogP contribution in [0.1, 0.15) is 30.7 Å². The van der Waals surface area contributed by atoms with Crippen LogP contribution in [0.5, 0.6) is 0 Å². The Morgan fingerprint density at radius 2 is 2.00 bits per heavy atom. The van der Waals surface area contributed by atoms with E-state index in [1.807, 2.05) is 6.07 Å². The van der Waals surface area contributed by atoms with Crippen LogP contribution in [0.25, 0.3) is 10.4 Å². The molecule has 0 saturated carbocycles. The first-order valence-electron chi connectivity index (χ1n) is 5.92. The molecule has 4 heteroatoms. The second-order valence-corrected chi connectivity index (χ2v) is 5.34. The van der Waals surface area contributed by atoms with Gasteiger partial charge in [-0.1, -0.05) is 13.3 Å². The summed E-state index contributed by atoms with van der Waals surface area (Å²) in [6.07, 6.45) is 1.90. The van der Waals surface area contributed by atoms with Crippen molar-refractivity contribution in [2.75, 3.05) is 0 Å². The zero-order chi connectivity index (χ0) is 13.1. The van der Waals surface area contributed by atoms with Gasteiger partial charge in [0.15, 0.2) is 0 Å². The van der Waals surface area contributed by atoms with Gasteiger partial charge >= 0.3 is 0 Å². The largest absolute Gasteiger partial charge is 0.323 e. The monoisotopic (exact) mass is 267 g/mol. The Kier molecular flexibility index (Phi) is 4.09. The summed E-state index contributed by atoms with van der Waals surface area (Å²) in [5.41, 5.74) is 6.31. The number of hydrogen-bond donors (Lipinski definition) is 1. The Labute approximate surface area is 109 Å². The molecular weight excluding hydrogens is 252 g/mol. The fraction of sp³-hybridized carbons (Fsp3) is 0.286. The topological polar surface area (TPSA) is 26.0 Å². The van der Waals surface area contributed by atoms with E-state index < -0.39 is 11.6 Å². The molecule has 0 fully saturated rings. The fourth-order valence-corrected chi connectivity index (χ4v) is 2.90. The molecule has 0 aliphatic carbocycles. The van der Waals surface area contributed by atoms with Crippen molar-refractivity contribution in [1.82, 2.24) is 0 Å². The Morgan fingerprint density at radius 1 is 1.22 bits per heavy atom. The second-order valence-electron chi connectivity index (χ2n) is 4.22. The number of halogens is 2. The lowest BCUT2D eigenvalue weighted by atomic mass is 10.1. The Bertz CT molecular complexity index is 536. The van der Waals surface area contributed by atoms with Gasteiger partial charge < -0.3 is 5.73 Å². The minimum atomic E-state index is -0.431. The summed E-state index contributed by atoms with van der Waals surface area (Å²) in [5.74, 6) is -0.840. The molecule has 1 unspecified atom stereocenters. The van der Waals surface area contributed by atoms with Crippen LogP contribution < -0.4 is 5.73 Å². The minimum absolute atomic E-state index is 0.0228. The van der Waals surface area contributed by atoms with Crippen molar-refractivity contribution >= 4 is 11.3 Å². The molecule has 0 saturated heterocycles. The summed E-state index contributed by atoms with van der Waals surface area (Å²) in [6.45, 7) is 2.07. The molecule has 1 atom stereocenters. The van der Waals surface area contributed by atoms with Gasteiger partial charge in [-0.3, -0.25) is 0 Å². The van der Waals surface area contributed by atoms with Gasteiger partial charge in [0.2, 0.25) is 0 Å². The molecule has 0 aliphatic rings. The predicted molar refractivity (Wildman–Crippen MR) is 71.5 cm³/mol. The summed E-state index contributed by atoms with van der Waals surface area (Å²) < 4.78 is 26.8. The molecular formula is C14H15F2NS. The van der Waals surface area contributed by atoms with E-state index >= 15 is 0 Å². The highest BCUT2D eigenvalue weighted by Crippen LogP contribution is 2.33. The molecule has 2 N–H and O–H groups in total. The third-order valence-electron chi connectivity index (χ3n) is 2.79. The van der Waals surface area contributed by atoms with Crippen molar-refractivity contribution < 1.29 is 8.78 Å². The highest BCUT2D eigenvalue weighted by molar-refractivity contribution is 7.15. The van der Waals surface area contributed by atoms with E-state index in [0.717, 1.165) is 29.9 Å². The van der Waals surface area contributed by atoms with Crippen molar-refractivity contribution in [3.05, 3.63) is 46.8 Å². The fourth-order valence-electron chi connectivity index (χ4n) is 1.84. The third-order valence-corrected chi connectivity index (χ3v) is 4.04. The highest BCUT2D eigenvalue weighted by atomic mass is 32.1. The summed E-state index contributed by atoms with van der Waals surface area (Å²) >= 11 is 1.43. The number of thiophene rings is 1. The number of benzene rings is 1. The minimum Gasteiger partial charge on any atom is -0.323 e. The van der Waals surface area contributed by atoms with Crippen LogP contribution in [0.4, 0.5) is 8.78 Å². The van der Waals surface area contributed by atoms with E-state index in [1.165, 1.54) is 17.4 Å². The molecule has 96 valence electrons. The van der Waals surface area contributed by atoms with Crippen LogP contribution in [-0.2, 0) is 0 Å². The molecule has 0 radical (unpaired) electrons. The molecule has 1 aromatic carbocycles. The van der Waals surface area contributed by atoms with E-state index in [-0.39, 0.29) is 6.04 Å². The second kappa shape index (κ2) is 5.59. The molecule has 0 bridgehead atoms. The molecule has 1 heterocycles. The Morgan fingerprint density at radius 3 is 2.72 bits per heavy atom. The molecule has 1 aromatic heterocycles. The van der Waals surface area contributed by atoms with Gasteiger partial charge in [0.1, 0.15) is 11.6 Å². The lowest BCUT2D eigenvalue weighted by Crippen LogP contribution is -2.07. The lowest BCUT2D eigenvalue weighted by Gasteiger charge is -2.06. The summed E-state index contributed by atoms with van der Waals surface area (Å²) in [6, 6.07) is 7.16. The lowest BCUT2D eigenvalue weighted by molar-refractivity contribution is 0.603. The third kappa shape index (κ3) is 2.76. The molecule has 0 aliphatic heterocycles. The van der Waals surface area contributed by atoms with Crippen LogP contribution in [0.2, 0.25) is 0 Å². The molecule has 0 amide bonds. The normalized spacial score (nSPS) is 12.7. The van der Waals surface area contributed by atoms with E-state index in [0.29, 0.717) is 10.4 Å².